The number of anilines is 1. The molecule has 1 N–H and O–H groups in total. The van der Waals surface area contributed by atoms with Crippen molar-refractivity contribution in [3.05, 3.63) is 23.8 Å². The van der Waals surface area contributed by atoms with Crippen molar-refractivity contribution in [1.82, 2.24) is 0 Å². The molecule has 1 aliphatic carbocycles. The summed E-state index contributed by atoms with van der Waals surface area (Å²) in [5.41, 5.74) is -0.812. The van der Waals surface area contributed by atoms with Gasteiger partial charge in [-0.3, -0.25) is 4.79 Å². The minimum Gasteiger partial charge on any atom is -0.447 e. The van der Waals surface area contributed by atoms with Gasteiger partial charge in [0.05, 0.1) is 5.69 Å². The highest BCUT2D eigenvalue weighted by atomic mass is 32.1. The predicted octanol–water partition coefficient (Wildman–Crippen LogP) is 7.04. The molecule has 162 valence electrons. The molecule has 1 saturated carbocycles. The predicted molar refractivity (Wildman–Crippen MR) is 117 cm³/mol. The highest BCUT2D eigenvalue weighted by molar-refractivity contribution is 7.80. The van der Waals surface area contributed by atoms with Crippen LogP contribution in [0, 0.1) is 28.4 Å². The summed E-state index contributed by atoms with van der Waals surface area (Å²) in [6.07, 6.45) is 6.48. The number of thiocarbonyl (C=S) groups is 1. The lowest BCUT2D eigenvalue weighted by Crippen LogP contribution is -2.38. The average Bonchev–Trinajstić information content (AvgIpc) is 2.64. The van der Waals surface area contributed by atoms with Gasteiger partial charge in [0.15, 0.2) is 22.4 Å². The van der Waals surface area contributed by atoms with E-state index >= 15 is 0 Å². The Labute approximate surface area is 178 Å². The topological polar surface area (TPSA) is 38.3 Å². The molecular formula is C23H33F2NO2S. The van der Waals surface area contributed by atoms with Gasteiger partial charge in [0.2, 0.25) is 5.91 Å². The van der Waals surface area contributed by atoms with Crippen LogP contribution in [0.1, 0.15) is 79.6 Å². The van der Waals surface area contributed by atoms with Crippen molar-refractivity contribution < 1.29 is 18.3 Å². The molecule has 3 nitrogen and oxygen atoms in total. The molecule has 1 fully saturated rings. The van der Waals surface area contributed by atoms with Crippen LogP contribution in [0.3, 0.4) is 0 Å². The number of amides is 1. The average molecular weight is 426 g/mol. The molecule has 1 amide bonds. The van der Waals surface area contributed by atoms with E-state index in [2.05, 4.69) is 19.2 Å². The molecule has 0 bridgehead atoms. The number of halogens is 2. The summed E-state index contributed by atoms with van der Waals surface area (Å²) >= 11 is 5.29. The summed E-state index contributed by atoms with van der Waals surface area (Å²) in [4.78, 5) is 13.3. The van der Waals surface area contributed by atoms with E-state index in [1.54, 1.807) is 0 Å². The van der Waals surface area contributed by atoms with Crippen LogP contribution < -0.4 is 10.1 Å². The first-order valence-corrected chi connectivity index (χ1v) is 10.9. The zero-order valence-corrected chi connectivity index (χ0v) is 19.0. The lowest BCUT2D eigenvalue weighted by atomic mass is 9.69. The van der Waals surface area contributed by atoms with Crippen molar-refractivity contribution in [3.8, 4) is 5.75 Å². The van der Waals surface area contributed by atoms with Gasteiger partial charge in [-0.25, -0.2) is 8.78 Å². The molecule has 0 atom stereocenters. The second-order valence-corrected chi connectivity index (χ2v) is 10.0. The van der Waals surface area contributed by atoms with Gasteiger partial charge in [0, 0.05) is 23.0 Å². The fraction of sp³-hybridized carbons (Fsp3) is 0.652. The Bertz CT molecular complexity index is 750. The Hall–Kier alpha value is -1.56. The lowest BCUT2D eigenvalue weighted by Gasteiger charge is -2.36. The number of benzene rings is 1. The summed E-state index contributed by atoms with van der Waals surface area (Å²) < 4.78 is 33.5. The zero-order chi connectivity index (χ0) is 21.8. The molecule has 0 aliphatic heterocycles. The Morgan fingerprint density at radius 2 is 1.76 bits per heavy atom. The fourth-order valence-electron chi connectivity index (χ4n) is 3.60. The molecule has 0 unspecified atom stereocenters. The molecule has 0 aromatic heterocycles. The van der Waals surface area contributed by atoms with E-state index in [4.69, 9.17) is 17.0 Å². The molecule has 0 heterocycles. The van der Waals surface area contributed by atoms with Crippen LogP contribution in [0.2, 0.25) is 0 Å². The van der Waals surface area contributed by atoms with E-state index in [9.17, 15) is 13.6 Å². The van der Waals surface area contributed by atoms with Crippen molar-refractivity contribution in [2.75, 3.05) is 5.32 Å². The third-order valence-electron chi connectivity index (χ3n) is 5.58. The first-order valence-electron chi connectivity index (χ1n) is 10.5. The summed E-state index contributed by atoms with van der Waals surface area (Å²) in [5, 5.41) is 3.08. The lowest BCUT2D eigenvalue weighted by molar-refractivity contribution is -0.128. The molecule has 0 spiro atoms. The first-order chi connectivity index (χ1) is 13.4. The van der Waals surface area contributed by atoms with Gasteiger partial charge < -0.3 is 10.1 Å². The molecular weight excluding hydrogens is 392 g/mol. The summed E-state index contributed by atoms with van der Waals surface area (Å²) in [7, 11) is 0. The smallest absolute Gasteiger partial charge is 0.230 e. The Morgan fingerprint density at radius 1 is 1.17 bits per heavy atom. The Kier molecular flexibility index (Phi) is 7.77. The summed E-state index contributed by atoms with van der Waals surface area (Å²) in [6.45, 7) is 9.90. The second-order valence-electron chi connectivity index (χ2n) is 9.63. The van der Waals surface area contributed by atoms with Crippen molar-refractivity contribution >= 4 is 28.9 Å². The highest BCUT2D eigenvalue weighted by Gasteiger charge is 2.39. The van der Waals surface area contributed by atoms with E-state index in [0.717, 1.165) is 57.1 Å². The van der Waals surface area contributed by atoms with Crippen LogP contribution in [-0.4, -0.2) is 11.0 Å². The molecule has 6 heteroatoms. The molecule has 0 radical (unpaired) electrons. The third kappa shape index (κ3) is 6.21. The van der Waals surface area contributed by atoms with Crippen molar-refractivity contribution in [2.45, 2.75) is 79.6 Å². The van der Waals surface area contributed by atoms with Gasteiger partial charge in [-0.15, -0.1) is 0 Å². The number of carbonyl (C=O) groups excluding carboxylic acids is 1. The maximum absolute atomic E-state index is 14.0. The molecule has 0 saturated heterocycles. The van der Waals surface area contributed by atoms with Gasteiger partial charge in [0.1, 0.15) is 0 Å². The van der Waals surface area contributed by atoms with Crippen molar-refractivity contribution in [3.63, 3.8) is 0 Å². The van der Waals surface area contributed by atoms with E-state index in [1.807, 2.05) is 20.8 Å². The molecule has 29 heavy (non-hydrogen) atoms. The van der Waals surface area contributed by atoms with E-state index in [0.29, 0.717) is 5.92 Å². The molecule has 2 rings (SSSR count). The zero-order valence-electron chi connectivity index (χ0n) is 18.2. The van der Waals surface area contributed by atoms with Crippen molar-refractivity contribution in [2.24, 2.45) is 16.7 Å². The standard InChI is InChI=1S/C23H33F2NO2S/c1-15(2)9-12-23(10-7-6-8-11-23)20(27)26-18-13-16(24)17(25)14-19(18)28-21(29)22(3,4)5/h13-15H,6-12H2,1-5H3,(H,26,27). The minimum atomic E-state index is -1.04. The van der Waals surface area contributed by atoms with Crippen LogP contribution in [0.15, 0.2) is 12.1 Å². The van der Waals surface area contributed by atoms with Crippen LogP contribution in [0.5, 0.6) is 5.75 Å². The van der Waals surface area contributed by atoms with Gasteiger partial charge in [0.25, 0.3) is 0 Å². The van der Waals surface area contributed by atoms with Crippen LogP contribution >= 0.6 is 12.2 Å². The first kappa shape index (κ1) is 23.7. The van der Waals surface area contributed by atoms with Gasteiger partial charge in [-0.05, 0) is 43.8 Å². The van der Waals surface area contributed by atoms with Gasteiger partial charge in [-0.1, -0.05) is 53.9 Å². The Morgan fingerprint density at radius 3 is 2.31 bits per heavy atom. The molecule has 1 aromatic carbocycles. The highest BCUT2D eigenvalue weighted by Crippen LogP contribution is 2.43. The molecule has 1 aromatic rings. The number of carbonyl (C=O) groups is 1. The van der Waals surface area contributed by atoms with Gasteiger partial charge >= 0.3 is 0 Å². The van der Waals surface area contributed by atoms with E-state index < -0.39 is 22.5 Å². The summed E-state index contributed by atoms with van der Waals surface area (Å²) in [6, 6.07) is 1.93. The number of hydrogen-bond donors (Lipinski definition) is 1. The van der Waals surface area contributed by atoms with Gasteiger partial charge in [-0.2, -0.15) is 0 Å². The number of hydrogen-bond acceptors (Lipinski definition) is 3. The number of ether oxygens (including phenoxy) is 1. The summed E-state index contributed by atoms with van der Waals surface area (Å²) in [5.74, 6) is -1.69. The fourth-order valence-corrected chi connectivity index (χ4v) is 3.69. The normalized spacial score (nSPS) is 16.6. The maximum atomic E-state index is 14.0. The SMILES string of the molecule is CC(C)CCC1(C(=O)Nc2cc(F)c(F)cc2OC(=S)C(C)(C)C)CCCCC1. The van der Waals surface area contributed by atoms with Crippen LogP contribution in [0.4, 0.5) is 14.5 Å². The Balaban J connectivity index is 2.31. The van der Waals surface area contributed by atoms with E-state index in [1.165, 1.54) is 0 Å². The van der Waals surface area contributed by atoms with Crippen LogP contribution in [0.25, 0.3) is 0 Å². The monoisotopic (exact) mass is 425 g/mol. The largest absolute Gasteiger partial charge is 0.447 e. The maximum Gasteiger partial charge on any atom is 0.230 e. The minimum absolute atomic E-state index is 0.0343. The number of rotatable bonds is 6. The third-order valence-corrected chi connectivity index (χ3v) is 6.27. The van der Waals surface area contributed by atoms with Crippen molar-refractivity contribution in [1.29, 1.82) is 0 Å². The van der Waals surface area contributed by atoms with E-state index in [-0.39, 0.29) is 22.4 Å². The second kappa shape index (κ2) is 9.50. The number of nitrogens with one attached hydrogen (secondary N) is 1. The quantitative estimate of drug-likeness (QED) is 0.497. The van der Waals surface area contributed by atoms with Crippen LogP contribution in [-0.2, 0) is 4.79 Å². The molecule has 1 aliphatic rings.